The van der Waals surface area contributed by atoms with Crippen LogP contribution in [0, 0.1) is 0 Å². The molecule has 5 heterocycles. The largest absolute Gasteiger partial charge is 0.342 e. The highest BCUT2D eigenvalue weighted by atomic mass is 32.2. The third-order valence-electron chi connectivity index (χ3n) is 6.58. The Labute approximate surface area is 192 Å². The minimum Gasteiger partial charge on any atom is -0.342 e. The molecule has 0 saturated carbocycles. The fourth-order valence-corrected chi connectivity index (χ4v) is 7.23. The van der Waals surface area contributed by atoms with Gasteiger partial charge in [-0.25, -0.2) is 0 Å². The number of carbonyl (C=O) groups is 2. The molecule has 3 aliphatic rings. The van der Waals surface area contributed by atoms with E-state index < -0.39 is 0 Å². The number of likely N-dealkylation sites (tertiary alicyclic amines) is 1. The number of piperazine rings is 1. The van der Waals surface area contributed by atoms with Crippen molar-refractivity contribution in [2.45, 2.75) is 31.4 Å². The molecule has 2 fully saturated rings. The van der Waals surface area contributed by atoms with Crippen molar-refractivity contribution in [3.8, 4) is 5.00 Å². The molecule has 8 heteroatoms. The van der Waals surface area contributed by atoms with Crippen molar-refractivity contribution < 1.29 is 9.59 Å². The van der Waals surface area contributed by atoms with E-state index in [4.69, 9.17) is 0 Å². The molecule has 31 heavy (non-hydrogen) atoms. The summed E-state index contributed by atoms with van der Waals surface area (Å²) in [6, 6.07) is 4.03. The Kier molecular flexibility index (Phi) is 6.39. The number of aromatic nitrogens is 1. The number of amides is 2. The number of hydrogen-bond donors (Lipinski definition) is 0. The normalized spacial score (nSPS) is 20.0. The van der Waals surface area contributed by atoms with E-state index in [9.17, 15) is 9.59 Å². The molecule has 0 spiro atoms. The van der Waals surface area contributed by atoms with Gasteiger partial charge in [-0.15, -0.1) is 11.3 Å². The Morgan fingerprint density at radius 2 is 1.65 bits per heavy atom. The second-order valence-corrected chi connectivity index (χ2v) is 10.8. The Morgan fingerprint density at radius 1 is 0.903 bits per heavy atom. The van der Waals surface area contributed by atoms with E-state index in [1.807, 2.05) is 46.1 Å². The maximum Gasteiger partial charge on any atom is 0.257 e. The lowest BCUT2D eigenvalue weighted by Gasteiger charge is -2.36. The Morgan fingerprint density at radius 3 is 2.39 bits per heavy atom. The van der Waals surface area contributed by atoms with Crippen molar-refractivity contribution >= 4 is 34.9 Å². The third-order valence-corrected chi connectivity index (χ3v) is 9.00. The zero-order valence-corrected chi connectivity index (χ0v) is 19.6. The van der Waals surface area contributed by atoms with Crippen molar-refractivity contribution in [1.82, 2.24) is 19.3 Å². The average Bonchev–Trinajstić information content (AvgIpc) is 3.47. The van der Waals surface area contributed by atoms with Crippen LogP contribution in [-0.2, 0) is 17.0 Å². The number of rotatable bonds is 4. The summed E-state index contributed by atoms with van der Waals surface area (Å²) in [4.78, 5) is 33.8. The first-order chi connectivity index (χ1) is 15.2. The number of nitrogens with zero attached hydrogens (tertiary/aromatic N) is 4. The summed E-state index contributed by atoms with van der Waals surface area (Å²) in [5.41, 5.74) is 2.18. The molecule has 166 valence electrons. The number of thiophene rings is 1. The van der Waals surface area contributed by atoms with Crippen molar-refractivity contribution in [1.29, 1.82) is 0 Å². The van der Waals surface area contributed by atoms with Crippen LogP contribution in [0.2, 0.25) is 0 Å². The van der Waals surface area contributed by atoms with E-state index >= 15 is 0 Å². The maximum atomic E-state index is 13.6. The number of thioether (sulfide) groups is 1. The van der Waals surface area contributed by atoms with Crippen molar-refractivity contribution in [3.63, 3.8) is 0 Å². The molecule has 0 atom stereocenters. The van der Waals surface area contributed by atoms with Crippen LogP contribution in [0.15, 0.2) is 24.5 Å². The van der Waals surface area contributed by atoms with Gasteiger partial charge in [-0.2, -0.15) is 11.8 Å². The number of carbonyl (C=O) groups excluding carboxylic acids is 2. The van der Waals surface area contributed by atoms with E-state index in [-0.39, 0.29) is 11.8 Å². The molecular weight excluding hydrogens is 428 g/mol. The highest BCUT2D eigenvalue weighted by molar-refractivity contribution is 7.98. The first kappa shape index (κ1) is 21.1. The van der Waals surface area contributed by atoms with Crippen LogP contribution >= 0.6 is 23.1 Å². The quantitative estimate of drug-likeness (QED) is 0.707. The van der Waals surface area contributed by atoms with Gasteiger partial charge in [-0.05, 0) is 49.1 Å². The topological polar surface area (TPSA) is 48.8 Å². The van der Waals surface area contributed by atoms with E-state index in [0.717, 1.165) is 67.5 Å². The zero-order chi connectivity index (χ0) is 21.2. The second-order valence-electron chi connectivity index (χ2n) is 8.59. The minimum absolute atomic E-state index is 0.162. The van der Waals surface area contributed by atoms with Crippen molar-refractivity contribution in [2.75, 3.05) is 51.6 Å². The van der Waals surface area contributed by atoms with Gasteiger partial charge in [0.25, 0.3) is 5.91 Å². The summed E-state index contributed by atoms with van der Waals surface area (Å²) < 4.78 is 2.09. The van der Waals surface area contributed by atoms with Crippen LogP contribution in [0.4, 0.5) is 0 Å². The molecule has 0 aliphatic carbocycles. The average molecular weight is 459 g/mol. The Bertz CT molecular complexity index is 926. The molecular formula is C23H30N4O2S2. The number of piperidine rings is 1. The van der Waals surface area contributed by atoms with E-state index in [2.05, 4.69) is 9.47 Å². The van der Waals surface area contributed by atoms with Gasteiger partial charge in [0.2, 0.25) is 5.91 Å². The smallest absolute Gasteiger partial charge is 0.257 e. The van der Waals surface area contributed by atoms with Gasteiger partial charge in [0.15, 0.2) is 0 Å². The molecule has 0 N–H and O–H groups in total. The minimum atomic E-state index is 0.162. The Hall–Kier alpha value is -1.77. The van der Waals surface area contributed by atoms with Crippen molar-refractivity contribution in [2.24, 2.45) is 0 Å². The summed E-state index contributed by atoms with van der Waals surface area (Å²) >= 11 is 3.73. The Balaban J connectivity index is 1.27. The lowest BCUT2D eigenvalue weighted by atomic mass is 10.1. The molecule has 6 nitrogen and oxygen atoms in total. The predicted octanol–water partition coefficient (Wildman–Crippen LogP) is 3.10. The van der Waals surface area contributed by atoms with Gasteiger partial charge < -0.3 is 14.4 Å². The zero-order valence-electron chi connectivity index (χ0n) is 17.9. The van der Waals surface area contributed by atoms with Crippen molar-refractivity contribution in [3.05, 3.63) is 40.5 Å². The fraction of sp³-hybridized carbons (Fsp3) is 0.565. The van der Waals surface area contributed by atoms with E-state index in [1.54, 1.807) is 11.3 Å². The summed E-state index contributed by atoms with van der Waals surface area (Å²) in [6.07, 6.45) is 8.53. The number of fused-ring (bicyclic) bond motifs is 1. The molecule has 3 aliphatic heterocycles. The van der Waals surface area contributed by atoms with Crippen LogP contribution in [0.25, 0.3) is 5.00 Å². The summed E-state index contributed by atoms with van der Waals surface area (Å²) in [5, 5.41) is 1.06. The lowest BCUT2D eigenvalue weighted by Crippen LogP contribution is -2.52. The van der Waals surface area contributed by atoms with Gasteiger partial charge in [0.05, 0.1) is 12.1 Å². The van der Waals surface area contributed by atoms with Gasteiger partial charge in [-0.1, -0.05) is 0 Å². The standard InChI is InChI=1S/C23H30N4O2S2/c28-20(25-7-2-1-3-8-25)16-24-11-13-26(14-12-24)22(29)21-18-6-15-30-17-19(18)31-23(21)27-9-4-5-10-27/h4-5,9-10H,1-3,6-8,11-17H2. The van der Waals surface area contributed by atoms with Crippen LogP contribution in [-0.4, -0.2) is 82.6 Å². The third kappa shape index (κ3) is 4.43. The second kappa shape index (κ2) is 9.38. The van der Waals surface area contributed by atoms with Gasteiger partial charge in [0, 0.05) is 62.3 Å². The molecule has 0 bridgehead atoms. The lowest BCUT2D eigenvalue weighted by molar-refractivity contribution is -0.133. The number of hydrogen-bond acceptors (Lipinski definition) is 5. The van der Waals surface area contributed by atoms with E-state index in [0.29, 0.717) is 19.6 Å². The highest BCUT2D eigenvalue weighted by Gasteiger charge is 2.31. The summed E-state index contributed by atoms with van der Waals surface area (Å²) in [6.45, 7) is 5.22. The first-order valence-corrected chi connectivity index (χ1v) is 13.3. The molecule has 2 amide bonds. The van der Waals surface area contributed by atoms with Crippen LogP contribution in [0.1, 0.15) is 40.1 Å². The molecule has 0 unspecified atom stereocenters. The summed E-state index contributed by atoms with van der Waals surface area (Å²) in [7, 11) is 0. The monoisotopic (exact) mass is 458 g/mol. The maximum absolute atomic E-state index is 13.6. The van der Waals surface area contributed by atoms with Crippen LogP contribution in [0.5, 0.6) is 0 Å². The van der Waals surface area contributed by atoms with Crippen LogP contribution < -0.4 is 0 Å². The fourth-order valence-electron chi connectivity index (χ4n) is 4.79. The SMILES string of the molecule is O=C(CN1CCN(C(=O)c2c(-n3cccc3)sc3c2CCSC3)CC1)N1CCCCC1. The predicted molar refractivity (Wildman–Crippen MR) is 126 cm³/mol. The van der Waals surface area contributed by atoms with Gasteiger partial charge >= 0.3 is 0 Å². The summed E-state index contributed by atoms with van der Waals surface area (Å²) in [5.74, 6) is 2.50. The molecule has 5 rings (SSSR count). The van der Waals surface area contributed by atoms with Gasteiger partial charge in [-0.3, -0.25) is 14.5 Å². The highest BCUT2D eigenvalue weighted by Crippen LogP contribution is 2.39. The molecule has 0 aromatic carbocycles. The molecule has 2 aromatic rings. The molecule has 0 radical (unpaired) electrons. The first-order valence-electron chi connectivity index (χ1n) is 11.4. The van der Waals surface area contributed by atoms with Crippen LogP contribution in [0.3, 0.4) is 0 Å². The molecule has 2 aromatic heterocycles. The van der Waals surface area contributed by atoms with E-state index in [1.165, 1.54) is 16.9 Å². The molecule has 2 saturated heterocycles. The van der Waals surface area contributed by atoms with Gasteiger partial charge in [0.1, 0.15) is 5.00 Å².